The van der Waals surface area contributed by atoms with E-state index in [4.69, 9.17) is 9.47 Å². The number of carbonyl (C=O) groups is 2. The van der Waals surface area contributed by atoms with Crippen LogP contribution in [0.25, 0.3) is 0 Å². The number of rotatable bonds is 9. The van der Waals surface area contributed by atoms with Crippen LogP contribution in [0.15, 0.2) is 72.8 Å². The predicted molar refractivity (Wildman–Crippen MR) is 135 cm³/mol. The third-order valence-electron chi connectivity index (χ3n) is 5.92. The van der Waals surface area contributed by atoms with Gasteiger partial charge in [0.1, 0.15) is 5.92 Å². The molecule has 9 heteroatoms. The molecule has 1 atom stereocenters. The van der Waals surface area contributed by atoms with Gasteiger partial charge in [-0.2, -0.15) is 13.2 Å². The van der Waals surface area contributed by atoms with E-state index in [1.54, 1.807) is 62.6 Å². The first-order valence-corrected chi connectivity index (χ1v) is 11.5. The lowest BCUT2D eigenvalue weighted by Crippen LogP contribution is -2.43. The summed E-state index contributed by atoms with van der Waals surface area (Å²) in [5, 5.41) is 0. The molecule has 3 aromatic rings. The van der Waals surface area contributed by atoms with E-state index in [0.717, 1.165) is 12.1 Å². The maximum absolute atomic E-state index is 14.0. The number of carbonyl (C=O) groups excluding carboxylic acids is 2. The summed E-state index contributed by atoms with van der Waals surface area (Å²) in [6, 6.07) is 18.5. The minimum absolute atomic E-state index is 0.115. The Kier molecular flexibility index (Phi) is 8.81. The zero-order valence-electron chi connectivity index (χ0n) is 21.1. The Labute approximate surface area is 214 Å². The fraction of sp³-hybridized carbons (Fsp3) is 0.286. The van der Waals surface area contributed by atoms with Crippen molar-refractivity contribution in [2.24, 2.45) is 0 Å². The molecule has 0 bridgehead atoms. The second-order valence-electron chi connectivity index (χ2n) is 8.55. The van der Waals surface area contributed by atoms with Crippen molar-refractivity contribution in [2.75, 3.05) is 39.8 Å². The van der Waals surface area contributed by atoms with Crippen LogP contribution >= 0.6 is 0 Å². The Morgan fingerprint density at radius 1 is 0.838 bits per heavy atom. The number of hydrogen-bond donors (Lipinski definition) is 0. The summed E-state index contributed by atoms with van der Waals surface area (Å²) in [6.07, 6.45) is -4.18. The first kappa shape index (κ1) is 27.6. The molecule has 196 valence electrons. The van der Waals surface area contributed by atoms with Gasteiger partial charge in [0.05, 0.1) is 19.8 Å². The number of likely N-dealkylation sites (N-methyl/N-ethyl adjacent to an activating group) is 1. The van der Waals surface area contributed by atoms with Crippen LogP contribution in [0, 0.1) is 0 Å². The largest absolute Gasteiger partial charge is 0.493 e. The number of benzene rings is 3. The predicted octanol–water partition coefficient (Wildman–Crippen LogP) is 5.17. The molecule has 0 aromatic heterocycles. The molecule has 0 spiro atoms. The van der Waals surface area contributed by atoms with E-state index in [0.29, 0.717) is 28.3 Å². The lowest BCUT2D eigenvalue weighted by molar-refractivity contribution is -0.138. The van der Waals surface area contributed by atoms with E-state index in [9.17, 15) is 22.8 Å². The average Bonchev–Trinajstić information content (AvgIpc) is 2.89. The quantitative estimate of drug-likeness (QED) is 0.370. The number of halogens is 3. The molecule has 0 aliphatic carbocycles. The average molecular weight is 515 g/mol. The van der Waals surface area contributed by atoms with E-state index in [1.165, 1.54) is 36.2 Å². The van der Waals surface area contributed by atoms with Crippen LogP contribution in [0.3, 0.4) is 0 Å². The maximum atomic E-state index is 14.0. The zero-order chi connectivity index (χ0) is 27.2. The molecule has 3 aromatic carbocycles. The standard InChI is InChI=1S/C28H29F3N2O4/c1-32(2)26(34)25(20-8-6-5-7-9-20)27(35)33(22-14-15-23(36-3)24(18-22)37-4)17-16-19-10-12-21(13-11-19)28(29,30)31/h5-15,18,25H,16-17H2,1-4H3. The summed E-state index contributed by atoms with van der Waals surface area (Å²) in [5.74, 6) is -1.12. The Balaban J connectivity index is 2.01. The molecule has 0 aliphatic rings. The lowest BCUT2D eigenvalue weighted by Gasteiger charge is -2.29. The number of alkyl halides is 3. The Bertz CT molecular complexity index is 1210. The molecule has 1 unspecified atom stereocenters. The third kappa shape index (κ3) is 6.61. The SMILES string of the molecule is COc1ccc(N(CCc2ccc(C(F)(F)F)cc2)C(=O)C(C(=O)N(C)C)c2ccccc2)cc1OC. The molecule has 0 N–H and O–H groups in total. The van der Waals surface area contributed by atoms with Gasteiger partial charge in [-0.25, -0.2) is 0 Å². The van der Waals surface area contributed by atoms with Crippen LogP contribution in [-0.2, 0) is 22.2 Å². The molecule has 0 saturated carbocycles. The summed E-state index contributed by atoms with van der Waals surface area (Å²) in [4.78, 5) is 30.0. The van der Waals surface area contributed by atoms with Gasteiger partial charge in [0.25, 0.3) is 0 Å². The van der Waals surface area contributed by atoms with E-state index in [1.807, 2.05) is 0 Å². The molecule has 0 saturated heterocycles. The van der Waals surface area contributed by atoms with Crippen LogP contribution in [0.5, 0.6) is 11.5 Å². The summed E-state index contributed by atoms with van der Waals surface area (Å²) in [6.45, 7) is 0.115. The van der Waals surface area contributed by atoms with Crippen molar-refractivity contribution in [3.63, 3.8) is 0 Å². The van der Waals surface area contributed by atoms with Crippen molar-refractivity contribution in [3.8, 4) is 11.5 Å². The molecular formula is C28H29F3N2O4. The van der Waals surface area contributed by atoms with Crippen molar-refractivity contribution in [1.82, 2.24) is 4.90 Å². The van der Waals surface area contributed by atoms with Crippen molar-refractivity contribution in [1.29, 1.82) is 0 Å². The van der Waals surface area contributed by atoms with Crippen LogP contribution < -0.4 is 14.4 Å². The molecule has 6 nitrogen and oxygen atoms in total. The summed E-state index contributed by atoms with van der Waals surface area (Å²) in [7, 11) is 6.12. The fourth-order valence-electron chi connectivity index (χ4n) is 3.91. The van der Waals surface area contributed by atoms with Crippen molar-refractivity contribution >= 4 is 17.5 Å². The smallest absolute Gasteiger partial charge is 0.416 e. The van der Waals surface area contributed by atoms with Gasteiger partial charge in [-0.15, -0.1) is 0 Å². The lowest BCUT2D eigenvalue weighted by atomic mass is 9.95. The molecule has 0 fully saturated rings. The molecule has 0 heterocycles. The molecule has 3 rings (SSSR count). The normalized spacial score (nSPS) is 12.0. The summed E-state index contributed by atoms with van der Waals surface area (Å²) < 4.78 is 49.6. The minimum atomic E-state index is -4.43. The van der Waals surface area contributed by atoms with E-state index in [2.05, 4.69) is 0 Å². The Hall–Kier alpha value is -4.01. The fourth-order valence-corrected chi connectivity index (χ4v) is 3.91. The van der Waals surface area contributed by atoms with E-state index < -0.39 is 29.5 Å². The van der Waals surface area contributed by atoms with Crippen LogP contribution in [0.1, 0.15) is 22.6 Å². The highest BCUT2D eigenvalue weighted by Gasteiger charge is 2.34. The van der Waals surface area contributed by atoms with Crippen LogP contribution in [0.4, 0.5) is 18.9 Å². The summed E-state index contributed by atoms with van der Waals surface area (Å²) >= 11 is 0. The van der Waals surface area contributed by atoms with Gasteiger partial charge < -0.3 is 19.3 Å². The van der Waals surface area contributed by atoms with Gasteiger partial charge in [0, 0.05) is 32.4 Å². The van der Waals surface area contributed by atoms with Gasteiger partial charge in [-0.3, -0.25) is 9.59 Å². The Morgan fingerprint density at radius 3 is 2.00 bits per heavy atom. The number of amides is 2. The highest BCUT2D eigenvalue weighted by molar-refractivity contribution is 6.12. The number of anilines is 1. The van der Waals surface area contributed by atoms with Gasteiger partial charge in [0.2, 0.25) is 11.8 Å². The third-order valence-corrected chi connectivity index (χ3v) is 5.92. The minimum Gasteiger partial charge on any atom is -0.493 e. The van der Waals surface area contributed by atoms with E-state index in [-0.39, 0.29) is 13.0 Å². The van der Waals surface area contributed by atoms with Crippen LogP contribution in [-0.4, -0.2) is 51.6 Å². The first-order valence-electron chi connectivity index (χ1n) is 11.5. The van der Waals surface area contributed by atoms with Gasteiger partial charge in [0.15, 0.2) is 11.5 Å². The zero-order valence-corrected chi connectivity index (χ0v) is 21.1. The number of methoxy groups -OCH3 is 2. The van der Waals surface area contributed by atoms with Crippen LogP contribution in [0.2, 0.25) is 0 Å². The topological polar surface area (TPSA) is 59.1 Å². The highest BCUT2D eigenvalue weighted by atomic mass is 19.4. The van der Waals surface area contributed by atoms with Gasteiger partial charge in [-0.1, -0.05) is 42.5 Å². The second kappa shape index (κ2) is 11.8. The molecule has 2 amide bonds. The maximum Gasteiger partial charge on any atom is 0.416 e. The number of ether oxygens (including phenoxy) is 2. The molecular weight excluding hydrogens is 485 g/mol. The van der Waals surface area contributed by atoms with Crippen molar-refractivity contribution in [3.05, 3.63) is 89.5 Å². The molecule has 0 radical (unpaired) electrons. The van der Waals surface area contributed by atoms with Gasteiger partial charge in [-0.05, 0) is 41.8 Å². The summed E-state index contributed by atoms with van der Waals surface area (Å²) in [5.41, 5.74) is 0.861. The molecule has 37 heavy (non-hydrogen) atoms. The number of hydrogen-bond acceptors (Lipinski definition) is 4. The monoisotopic (exact) mass is 514 g/mol. The number of nitrogens with zero attached hydrogens (tertiary/aromatic N) is 2. The molecule has 0 aliphatic heterocycles. The van der Waals surface area contributed by atoms with E-state index >= 15 is 0 Å². The van der Waals surface area contributed by atoms with Crippen molar-refractivity contribution in [2.45, 2.75) is 18.5 Å². The highest BCUT2D eigenvalue weighted by Crippen LogP contribution is 2.34. The first-order chi connectivity index (χ1) is 17.6. The van der Waals surface area contributed by atoms with Crippen molar-refractivity contribution < 1.29 is 32.2 Å². The van der Waals surface area contributed by atoms with Gasteiger partial charge >= 0.3 is 6.18 Å². The Morgan fingerprint density at radius 2 is 1.46 bits per heavy atom. The second-order valence-corrected chi connectivity index (χ2v) is 8.55.